The van der Waals surface area contributed by atoms with Gasteiger partial charge in [-0.05, 0) is 58.9 Å². The van der Waals surface area contributed by atoms with E-state index in [9.17, 15) is 27.7 Å². The average molecular weight is 536 g/mol. The van der Waals surface area contributed by atoms with Crippen LogP contribution in [0.4, 0.5) is 5.69 Å². The van der Waals surface area contributed by atoms with Gasteiger partial charge in [0, 0.05) is 0 Å². The summed E-state index contributed by atoms with van der Waals surface area (Å²) in [4.78, 5) is 25.0. The van der Waals surface area contributed by atoms with Gasteiger partial charge in [0.15, 0.2) is 0 Å². The van der Waals surface area contributed by atoms with Crippen molar-refractivity contribution in [3.05, 3.63) is 60.2 Å². The van der Waals surface area contributed by atoms with Crippen LogP contribution < -0.4 is 10.4 Å². The minimum atomic E-state index is -4.65. The molecule has 0 bridgehead atoms. The highest BCUT2D eigenvalue weighted by Crippen LogP contribution is 2.29. The van der Waals surface area contributed by atoms with E-state index >= 15 is 0 Å². The number of nitrogens with zero attached hydrogens (tertiary/aromatic N) is 3. The molecule has 1 atom stereocenters. The van der Waals surface area contributed by atoms with Gasteiger partial charge in [-0.2, -0.15) is 8.42 Å². The van der Waals surface area contributed by atoms with E-state index in [2.05, 4.69) is 33.1 Å². The molecule has 11 heteroatoms. The van der Waals surface area contributed by atoms with Gasteiger partial charge in [0.1, 0.15) is 4.90 Å². The monoisotopic (exact) mass is 535 g/mol. The number of hydrogen-bond donors (Lipinski definition) is 3. The van der Waals surface area contributed by atoms with Crippen LogP contribution in [0, 0.1) is 5.41 Å². The zero-order valence-electron chi connectivity index (χ0n) is 22.2. The summed E-state index contributed by atoms with van der Waals surface area (Å²) < 4.78 is 34.2. The van der Waals surface area contributed by atoms with Gasteiger partial charge in [0.05, 0.1) is 56.0 Å². The number of hydrazine groups is 2. The molecule has 1 unspecified atom stereocenters. The molecule has 0 aromatic heterocycles. The Bertz CT molecular complexity index is 1150. The molecule has 0 saturated carbocycles. The second-order valence-corrected chi connectivity index (χ2v) is 10.6. The predicted molar refractivity (Wildman–Crippen MR) is 142 cm³/mol. The van der Waals surface area contributed by atoms with E-state index in [1.165, 1.54) is 54.0 Å². The third kappa shape index (κ3) is 6.93. The minimum Gasteiger partial charge on any atom is -0.395 e. The van der Waals surface area contributed by atoms with Crippen LogP contribution in [-0.2, 0) is 14.9 Å². The lowest BCUT2D eigenvalue weighted by Crippen LogP contribution is -2.51. The van der Waals surface area contributed by atoms with Crippen LogP contribution in [0.5, 0.6) is 0 Å². The molecule has 3 rings (SSSR count). The Kier molecular flexibility index (Phi) is 10.4. The van der Waals surface area contributed by atoms with Crippen LogP contribution in [0.25, 0.3) is 0 Å². The molecule has 1 fully saturated rings. The molecule has 0 aliphatic carbocycles. The molecule has 1 aliphatic rings. The van der Waals surface area contributed by atoms with Crippen molar-refractivity contribution in [1.82, 2.24) is 10.5 Å². The zero-order valence-corrected chi connectivity index (χ0v) is 23.0. The van der Waals surface area contributed by atoms with Crippen LogP contribution in [0.3, 0.4) is 0 Å². The number of aliphatic hydroxyl groups is 1. The average Bonchev–Trinajstić information content (AvgIpc) is 3.20. The molecule has 3 N–H and O–H groups in total. The standard InChI is InChI=1S/C18H19N3O6S.C8H20N/c1-18(12-22)11-20(19-17(18)24)21(13-7-3-2-4-8-13)16(23)14-9-5-6-10-15(14)28(25,26)27;1-5-9(6-2,7-3)8-4/h2-10,22H,11-12H2,1H3,(H,19,24)(H,25,26,27);5-8H2,1-4H3/q;+1. The van der Waals surface area contributed by atoms with Crippen molar-refractivity contribution in [3.63, 3.8) is 0 Å². The maximum absolute atomic E-state index is 13.3. The zero-order chi connectivity index (χ0) is 27.9. The summed E-state index contributed by atoms with van der Waals surface area (Å²) in [6, 6.07) is 13.5. The van der Waals surface area contributed by atoms with Gasteiger partial charge in [0.2, 0.25) is 5.91 Å². The first-order valence-corrected chi connectivity index (χ1v) is 13.9. The molecule has 204 valence electrons. The Morgan fingerprint density at radius 2 is 1.51 bits per heavy atom. The van der Waals surface area contributed by atoms with E-state index in [1.54, 1.807) is 37.3 Å². The van der Waals surface area contributed by atoms with E-state index in [4.69, 9.17) is 0 Å². The Morgan fingerprint density at radius 3 is 1.95 bits per heavy atom. The first kappa shape index (κ1) is 30.4. The molecule has 1 saturated heterocycles. The van der Waals surface area contributed by atoms with E-state index in [-0.39, 0.29) is 12.1 Å². The quantitative estimate of drug-likeness (QED) is 0.333. The molecule has 0 spiro atoms. The lowest BCUT2D eigenvalue weighted by atomic mass is 9.93. The fourth-order valence-corrected chi connectivity index (χ4v) is 4.88. The number of anilines is 1. The second-order valence-electron chi connectivity index (χ2n) is 9.25. The predicted octanol–water partition coefficient (Wildman–Crippen LogP) is 2.72. The van der Waals surface area contributed by atoms with Crippen LogP contribution in [-0.4, -0.2) is 78.8 Å². The van der Waals surface area contributed by atoms with Gasteiger partial charge in [-0.25, -0.2) is 5.01 Å². The maximum Gasteiger partial charge on any atom is 0.295 e. The number of aliphatic hydroxyl groups excluding tert-OH is 1. The number of amides is 2. The van der Waals surface area contributed by atoms with Crippen molar-refractivity contribution in [2.45, 2.75) is 39.5 Å². The van der Waals surface area contributed by atoms with Gasteiger partial charge >= 0.3 is 0 Å². The number of nitrogens with one attached hydrogen (secondary N) is 1. The molecular formula is C26H39N4O6S+. The number of hydrogen-bond acceptors (Lipinski definition) is 6. The van der Waals surface area contributed by atoms with E-state index in [0.29, 0.717) is 5.69 Å². The number of carbonyl (C=O) groups excluding carboxylic acids is 2. The maximum atomic E-state index is 13.3. The number of para-hydroxylation sites is 1. The molecule has 2 amide bonds. The van der Waals surface area contributed by atoms with Crippen LogP contribution >= 0.6 is 0 Å². The summed E-state index contributed by atoms with van der Waals surface area (Å²) >= 11 is 0. The molecular weight excluding hydrogens is 496 g/mol. The first-order valence-electron chi connectivity index (χ1n) is 12.4. The SMILES string of the molecule is CC1(CO)CN(N(C(=O)c2ccccc2S(=O)(=O)O)c2ccccc2)NC1=O.CC[N+](CC)(CC)CC. The molecule has 2 aromatic carbocycles. The number of quaternary nitrogens is 1. The third-order valence-corrected chi connectivity index (χ3v) is 8.05. The summed E-state index contributed by atoms with van der Waals surface area (Å²) in [6.45, 7) is 15.3. The largest absolute Gasteiger partial charge is 0.395 e. The van der Waals surface area contributed by atoms with Crippen molar-refractivity contribution in [2.75, 3.05) is 44.3 Å². The lowest BCUT2D eigenvalue weighted by Gasteiger charge is -2.34. The van der Waals surface area contributed by atoms with Gasteiger partial charge < -0.3 is 9.59 Å². The Labute approximate surface area is 219 Å². The van der Waals surface area contributed by atoms with Crippen molar-refractivity contribution in [1.29, 1.82) is 0 Å². The van der Waals surface area contributed by atoms with Crippen molar-refractivity contribution in [3.8, 4) is 0 Å². The Hall–Kier alpha value is -2.83. The fraction of sp³-hybridized carbons (Fsp3) is 0.462. The Morgan fingerprint density at radius 1 is 1.00 bits per heavy atom. The highest BCUT2D eigenvalue weighted by molar-refractivity contribution is 7.86. The lowest BCUT2D eigenvalue weighted by molar-refractivity contribution is -0.921. The van der Waals surface area contributed by atoms with E-state index in [1.807, 2.05) is 0 Å². The van der Waals surface area contributed by atoms with Gasteiger partial charge in [-0.15, -0.1) is 5.12 Å². The van der Waals surface area contributed by atoms with E-state index in [0.717, 1.165) is 11.1 Å². The highest BCUT2D eigenvalue weighted by atomic mass is 32.2. The minimum absolute atomic E-state index is 0.0307. The topological polar surface area (TPSA) is 127 Å². The van der Waals surface area contributed by atoms with Crippen LogP contribution in [0.15, 0.2) is 59.5 Å². The van der Waals surface area contributed by atoms with Crippen LogP contribution in [0.1, 0.15) is 45.0 Å². The summed E-state index contributed by atoms with van der Waals surface area (Å²) in [7, 11) is -4.65. The van der Waals surface area contributed by atoms with Gasteiger partial charge in [-0.1, -0.05) is 30.3 Å². The normalized spacial score (nSPS) is 18.1. The molecule has 10 nitrogen and oxygen atoms in total. The van der Waals surface area contributed by atoms with Gasteiger partial charge in [-0.3, -0.25) is 19.6 Å². The number of carbonyl (C=O) groups is 2. The van der Waals surface area contributed by atoms with E-state index < -0.39 is 38.8 Å². The van der Waals surface area contributed by atoms with Crippen LogP contribution in [0.2, 0.25) is 0 Å². The fourth-order valence-electron chi connectivity index (χ4n) is 4.20. The molecule has 1 aliphatic heterocycles. The second kappa shape index (κ2) is 12.6. The Balaban J connectivity index is 0.000000458. The van der Waals surface area contributed by atoms with Crippen molar-refractivity contribution >= 4 is 27.6 Å². The molecule has 0 radical (unpaired) electrons. The summed E-state index contributed by atoms with van der Waals surface area (Å²) in [5.41, 5.74) is 1.49. The summed E-state index contributed by atoms with van der Waals surface area (Å²) in [5.74, 6) is -1.26. The van der Waals surface area contributed by atoms with Crippen molar-refractivity contribution < 1.29 is 32.1 Å². The smallest absolute Gasteiger partial charge is 0.295 e. The number of benzene rings is 2. The molecule has 1 heterocycles. The summed E-state index contributed by atoms with van der Waals surface area (Å²) in [5, 5.41) is 11.9. The molecule has 37 heavy (non-hydrogen) atoms. The van der Waals surface area contributed by atoms with Crippen molar-refractivity contribution in [2.24, 2.45) is 5.41 Å². The number of rotatable bonds is 9. The van der Waals surface area contributed by atoms with Gasteiger partial charge in [0.25, 0.3) is 16.0 Å². The highest BCUT2D eigenvalue weighted by Gasteiger charge is 2.45. The summed E-state index contributed by atoms with van der Waals surface area (Å²) in [6.07, 6.45) is 0. The molecule has 2 aromatic rings. The third-order valence-electron chi connectivity index (χ3n) is 7.14. The first-order chi connectivity index (χ1) is 17.4.